The third-order valence-electron chi connectivity index (χ3n) is 2.50. The van der Waals surface area contributed by atoms with Gasteiger partial charge in [-0.1, -0.05) is 24.4 Å². The molecule has 2 aromatic rings. The number of nitrogens with two attached hydrogens (primary N) is 1. The van der Waals surface area contributed by atoms with Crippen LogP contribution in [0.3, 0.4) is 0 Å². The summed E-state index contributed by atoms with van der Waals surface area (Å²) in [5.41, 5.74) is 5.98. The van der Waals surface area contributed by atoms with Gasteiger partial charge in [-0.25, -0.2) is 4.39 Å². The van der Waals surface area contributed by atoms with Gasteiger partial charge in [-0.3, -0.25) is 0 Å². The van der Waals surface area contributed by atoms with E-state index in [4.69, 9.17) is 22.7 Å². The van der Waals surface area contributed by atoms with Gasteiger partial charge >= 0.3 is 0 Å². The molecule has 0 aliphatic carbocycles. The van der Waals surface area contributed by atoms with Crippen molar-refractivity contribution in [3.8, 4) is 11.5 Å². The van der Waals surface area contributed by atoms with Crippen LogP contribution in [0.1, 0.15) is 5.56 Å². The Morgan fingerprint density at radius 2 is 1.95 bits per heavy atom. The summed E-state index contributed by atoms with van der Waals surface area (Å²) in [6.45, 7) is 0. The Hall–Kier alpha value is -1.59. The first-order valence-corrected chi connectivity index (χ1v) is 7.15. The van der Waals surface area contributed by atoms with Gasteiger partial charge in [0.05, 0.1) is 5.56 Å². The monoisotopic (exact) mass is 293 g/mol. The standard InChI is InChI=1S/C14H12FNOS2/c1-19-13-5-3-2-4-12(13)17-11-7-6-9(15)8-10(11)14(16)18/h2-8H,1H3,(H2,16,18). The van der Waals surface area contributed by atoms with Crippen molar-refractivity contribution in [3.05, 3.63) is 53.8 Å². The van der Waals surface area contributed by atoms with Gasteiger partial charge in [-0.15, -0.1) is 11.8 Å². The number of rotatable bonds is 4. The van der Waals surface area contributed by atoms with Crippen LogP contribution in [-0.2, 0) is 0 Å². The second kappa shape index (κ2) is 6.04. The van der Waals surface area contributed by atoms with E-state index in [-0.39, 0.29) is 4.99 Å². The molecule has 0 bridgehead atoms. The van der Waals surface area contributed by atoms with Crippen molar-refractivity contribution in [1.82, 2.24) is 0 Å². The first kappa shape index (κ1) is 13.8. The second-order valence-electron chi connectivity index (χ2n) is 3.76. The summed E-state index contributed by atoms with van der Waals surface area (Å²) in [7, 11) is 0. The number of thiocarbonyl (C=S) groups is 1. The quantitative estimate of drug-likeness (QED) is 0.683. The molecule has 2 rings (SSSR count). The van der Waals surface area contributed by atoms with E-state index < -0.39 is 5.82 Å². The van der Waals surface area contributed by atoms with Crippen LogP contribution in [-0.4, -0.2) is 11.2 Å². The zero-order valence-corrected chi connectivity index (χ0v) is 11.9. The smallest absolute Gasteiger partial charge is 0.140 e. The SMILES string of the molecule is CSc1ccccc1Oc1ccc(F)cc1C(N)=S. The summed E-state index contributed by atoms with van der Waals surface area (Å²) < 4.78 is 19.0. The van der Waals surface area contributed by atoms with Gasteiger partial charge < -0.3 is 10.5 Å². The predicted molar refractivity (Wildman–Crippen MR) is 80.6 cm³/mol. The highest BCUT2D eigenvalue weighted by molar-refractivity contribution is 7.98. The minimum absolute atomic E-state index is 0.108. The minimum atomic E-state index is -0.395. The lowest BCUT2D eigenvalue weighted by Gasteiger charge is -2.12. The molecule has 2 nitrogen and oxygen atoms in total. The maximum absolute atomic E-state index is 13.2. The van der Waals surface area contributed by atoms with E-state index in [2.05, 4.69) is 0 Å². The van der Waals surface area contributed by atoms with Crippen LogP contribution in [0.15, 0.2) is 47.4 Å². The molecular weight excluding hydrogens is 281 g/mol. The van der Waals surface area contributed by atoms with Gasteiger partial charge in [0.2, 0.25) is 0 Å². The normalized spacial score (nSPS) is 10.2. The fourth-order valence-corrected chi connectivity index (χ4v) is 2.29. The van der Waals surface area contributed by atoms with Gasteiger partial charge in [-0.2, -0.15) is 0 Å². The van der Waals surface area contributed by atoms with E-state index in [1.54, 1.807) is 11.8 Å². The molecule has 0 heterocycles. The van der Waals surface area contributed by atoms with Crippen molar-refractivity contribution in [2.45, 2.75) is 4.90 Å². The van der Waals surface area contributed by atoms with E-state index in [1.165, 1.54) is 18.2 Å². The molecule has 0 atom stereocenters. The average Bonchev–Trinajstić information content (AvgIpc) is 2.41. The molecule has 0 aliphatic heterocycles. The Kier molecular flexibility index (Phi) is 4.39. The van der Waals surface area contributed by atoms with Crippen molar-refractivity contribution in [2.75, 3.05) is 6.26 Å². The molecule has 0 unspecified atom stereocenters. The van der Waals surface area contributed by atoms with Gasteiger partial charge in [-0.05, 0) is 36.6 Å². The second-order valence-corrected chi connectivity index (χ2v) is 5.05. The van der Waals surface area contributed by atoms with Gasteiger partial charge in [0.15, 0.2) is 0 Å². The largest absolute Gasteiger partial charge is 0.455 e. The minimum Gasteiger partial charge on any atom is -0.455 e. The van der Waals surface area contributed by atoms with Gasteiger partial charge in [0, 0.05) is 4.90 Å². The average molecular weight is 293 g/mol. The zero-order chi connectivity index (χ0) is 13.8. The molecule has 0 saturated heterocycles. The van der Waals surface area contributed by atoms with Crippen molar-refractivity contribution in [3.63, 3.8) is 0 Å². The Balaban J connectivity index is 2.41. The molecule has 19 heavy (non-hydrogen) atoms. The van der Waals surface area contributed by atoms with Gasteiger partial charge in [0.1, 0.15) is 22.3 Å². The number of benzene rings is 2. The van der Waals surface area contributed by atoms with Crippen LogP contribution in [0, 0.1) is 5.82 Å². The van der Waals surface area contributed by atoms with Crippen LogP contribution < -0.4 is 10.5 Å². The summed E-state index contributed by atoms with van der Waals surface area (Å²) in [5, 5.41) is 0. The molecule has 5 heteroatoms. The first-order chi connectivity index (χ1) is 9.11. The molecule has 98 valence electrons. The third kappa shape index (κ3) is 3.24. The topological polar surface area (TPSA) is 35.2 Å². The molecule has 2 N–H and O–H groups in total. The number of para-hydroxylation sites is 1. The Morgan fingerprint density at radius 3 is 2.63 bits per heavy atom. The molecule has 0 spiro atoms. The fraction of sp³-hybridized carbons (Fsp3) is 0.0714. The molecule has 0 amide bonds. The Morgan fingerprint density at radius 1 is 1.21 bits per heavy atom. The molecule has 0 aliphatic rings. The molecule has 0 aromatic heterocycles. The third-order valence-corrected chi connectivity index (χ3v) is 3.49. The van der Waals surface area contributed by atoms with Crippen LogP contribution in [0.4, 0.5) is 4.39 Å². The molecular formula is C14H12FNOS2. The molecule has 0 radical (unpaired) electrons. The summed E-state index contributed by atoms with van der Waals surface area (Å²) in [5.74, 6) is 0.753. The lowest BCUT2D eigenvalue weighted by Crippen LogP contribution is -2.11. The summed E-state index contributed by atoms with van der Waals surface area (Å²) in [6, 6.07) is 11.7. The highest BCUT2D eigenvalue weighted by Gasteiger charge is 2.11. The van der Waals surface area contributed by atoms with Crippen molar-refractivity contribution in [2.24, 2.45) is 5.73 Å². The maximum Gasteiger partial charge on any atom is 0.140 e. The summed E-state index contributed by atoms with van der Waals surface area (Å²) in [4.78, 5) is 1.09. The van der Waals surface area contributed by atoms with E-state index in [0.717, 1.165) is 4.90 Å². The van der Waals surface area contributed by atoms with Crippen LogP contribution >= 0.6 is 24.0 Å². The number of thioether (sulfide) groups is 1. The van der Waals surface area contributed by atoms with Crippen LogP contribution in [0.5, 0.6) is 11.5 Å². The zero-order valence-electron chi connectivity index (χ0n) is 10.2. The highest BCUT2D eigenvalue weighted by Crippen LogP contribution is 2.33. The van der Waals surface area contributed by atoms with Crippen molar-refractivity contribution < 1.29 is 9.13 Å². The van der Waals surface area contributed by atoms with E-state index >= 15 is 0 Å². The van der Waals surface area contributed by atoms with Crippen LogP contribution in [0.2, 0.25) is 0 Å². The summed E-state index contributed by atoms with van der Waals surface area (Å²) >= 11 is 6.48. The van der Waals surface area contributed by atoms with Crippen molar-refractivity contribution in [1.29, 1.82) is 0 Å². The highest BCUT2D eigenvalue weighted by atomic mass is 32.2. The van der Waals surface area contributed by atoms with Gasteiger partial charge in [0.25, 0.3) is 0 Å². The maximum atomic E-state index is 13.2. The van der Waals surface area contributed by atoms with E-state index in [0.29, 0.717) is 17.1 Å². The number of hydrogen-bond donors (Lipinski definition) is 1. The number of ether oxygens (including phenoxy) is 1. The van der Waals surface area contributed by atoms with Crippen molar-refractivity contribution >= 4 is 29.0 Å². The predicted octanol–water partition coefficient (Wildman–Crippen LogP) is 3.97. The van der Waals surface area contributed by atoms with E-state index in [9.17, 15) is 4.39 Å². The molecule has 0 fully saturated rings. The summed E-state index contributed by atoms with van der Waals surface area (Å²) in [6.07, 6.45) is 1.96. The Labute approximate surface area is 120 Å². The number of hydrogen-bond acceptors (Lipinski definition) is 3. The first-order valence-electron chi connectivity index (χ1n) is 5.52. The Bertz CT molecular complexity index is 616. The lowest BCUT2D eigenvalue weighted by molar-refractivity contribution is 0.468. The molecule has 2 aromatic carbocycles. The van der Waals surface area contributed by atoms with Crippen LogP contribution in [0.25, 0.3) is 0 Å². The lowest BCUT2D eigenvalue weighted by atomic mass is 10.2. The fourth-order valence-electron chi connectivity index (χ4n) is 1.61. The van der Waals surface area contributed by atoms with E-state index in [1.807, 2.05) is 30.5 Å². The number of halogens is 1. The molecule has 0 saturated carbocycles.